The summed E-state index contributed by atoms with van der Waals surface area (Å²) in [4.78, 5) is 34.5. The Kier molecular flexibility index (Phi) is 5.32. The van der Waals surface area contributed by atoms with Gasteiger partial charge in [0, 0.05) is 12.3 Å². The summed E-state index contributed by atoms with van der Waals surface area (Å²) in [6.45, 7) is 2.32. The van der Waals surface area contributed by atoms with Gasteiger partial charge in [-0.2, -0.15) is 0 Å². The van der Waals surface area contributed by atoms with E-state index in [1.807, 2.05) is 30.3 Å². The fourth-order valence-electron chi connectivity index (χ4n) is 2.85. The molecular formula is C20H16N4O3S2. The lowest BCUT2D eigenvalue weighted by Crippen LogP contribution is -2.30. The lowest BCUT2D eigenvalue weighted by atomic mass is 10.2. The maximum Gasteiger partial charge on any atom is 0.324 e. The summed E-state index contributed by atoms with van der Waals surface area (Å²) < 4.78 is 0.996. The predicted molar refractivity (Wildman–Crippen MR) is 115 cm³/mol. The van der Waals surface area contributed by atoms with Crippen LogP contribution in [0.4, 0.5) is 10.1 Å². The minimum atomic E-state index is -0.492. The normalized spacial score (nSPS) is 10.9. The Bertz CT molecular complexity index is 1190. The van der Waals surface area contributed by atoms with Crippen molar-refractivity contribution >= 4 is 48.9 Å². The zero-order chi connectivity index (χ0) is 20.4. The van der Waals surface area contributed by atoms with Gasteiger partial charge in [-0.1, -0.05) is 41.7 Å². The molecular weight excluding hydrogens is 408 g/mol. The van der Waals surface area contributed by atoms with Crippen molar-refractivity contribution in [3.8, 4) is 0 Å². The average Bonchev–Trinajstić information content (AvgIpc) is 3.39. The first-order valence-corrected chi connectivity index (χ1v) is 10.5. The van der Waals surface area contributed by atoms with E-state index in [2.05, 4.69) is 23.0 Å². The van der Waals surface area contributed by atoms with Gasteiger partial charge in [-0.25, -0.2) is 4.98 Å². The van der Waals surface area contributed by atoms with Gasteiger partial charge >= 0.3 is 5.00 Å². The Balaban J connectivity index is 1.75. The first-order valence-electron chi connectivity index (χ1n) is 8.90. The van der Waals surface area contributed by atoms with Gasteiger partial charge in [-0.15, -0.1) is 0 Å². The maximum absolute atomic E-state index is 13.2. The van der Waals surface area contributed by atoms with Gasteiger partial charge in [0.05, 0.1) is 32.3 Å². The monoisotopic (exact) mass is 424 g/mol. The van der Waals surface area contributed by atoms with Crippen LogP contribution in [-0.2, 0) is 13.0 Å². The molecule has 1 amide bonds. The second-order valence-electron chi connectivity index (χ2n) is 6.26. The van der Waals surface area contributed by atoms with Crippen molar-refractivity contribution in [1.82, 2.24) is 9.97 Å². The zero-order valence-corrected chi connectivity index (χ0v) is 17.1. The summed E-state index contributed by atoms with van der Waals surface area (Å²) in [6.07, 6.45) is 2.58. The molecule has 0 aliphatic rings. The van der Waals surface area contributed by atoms with E-state index < -0.39 is 4.92 Å². The molecule has 0 bridgehead atoms. The molecule has 0 radical (unpaired) electrons. The highest BCUT2D eigenvalue weighted by atomic mass is 32.1. The van der Waals surface area contributed by atoms with Crippen molar-refractivity contribution in [1.29, 1.82) is 0 Å². The number of anilines is 1. The average molecular weight is 425 g/mol. The van der Waals surface area contributed by atoms with Crippen molar-refractivity contribution in [2.75, 3.05) is 4.90 Å². The molecule has 0 fully saturated rings. The number of amides is 1. The molecule has 7 nitrogen and oxygen atoms in total. The third kappa shape index (κ3) is 4.01. The van der Waals surface area contributed by atoms with Gasteiger partial charge in [0.1, 0.15) is 0 Å². The lowest BCUT2D eigenvalue weighted by molar-refractivity contribution is -0.380. The van der Waals surface area contributed by atoms with Crippen LogP contribution >= 0.6 is 22.7 Å². The number of rotatable bonds is 6. The number of carbonyl (C=O) groups is 1. The number of nitro groups is 1. The number of aryl methyl sites for hydroxylation is 1. The molecule has 0 aliphatic carbocycles. The van der Waals surface area contributed by atoms with Crippen LogP contribution in [0, 0.1) is 10.1 Å². The van der Waals surface area contributed by atoms with Crippen LogP contribution in [0.3, 0.4) is 0 Å². The molecule has 146 valence electrons. The van der Waals surface area contributed by atoms with Gasteiger partial charge in [-0.3, -0.25) is 24.8 Å². The second kappa shape index (κ2) is 8.06. The standard InChI is InChI=1S/C20H16N4O3S2/c1-2-13-6-7-15-17(11-13)29-20(22-15)23(12-14-5-3-4-10-21-14)19(25)16-8-9-18(28-16)24(26)27/h3-11H,2,12H2,1H3. The summed E-state index contributed by atoms with van der Waals surface area (Å²) in [5.41, 5.74) is 2.72. The number of aromatic nitrogens is 2. The van der Waals surface area contributed by atoms with E-state index in [9.17, 15) is 14.9 Å². The fraction of sp³-hybridized carbons (Fsp3) is 0.150. The van der Waals surface area contributed by atoms with E-state index in [1.165, 1.54) is 33.9 Å². The SMILES string of the molecule is CCc1ccc2nc(N(Cc3ccccn3)C(=O)c3ccc([N+](=O)[O-])s3)sc2c1. The maximum atomic E-state index is 13.2. The number of benzene rings is 1. The van der Waals surface area contributed by atoms with Crippen molar-refractivity contribution in [3.05, 3.63) is 81.0 Å². The number of thiophene rings is 1. The Morgan fingerprint density at radius 2 is 2.03 bits per heavy atom. The number of thiazole rings is 1. The van der Waals surface area contributed by atoms with Crippen LogP contribution in [0.1, 0.15) is 27.9 Å². The van der Waals surface area contributed by atoms with Gasteiger partial charge < -0.3 is 0 Å². The lowest BCUT2D eigenvalue weighted by Gasteiger charge is -2.18. The van der Waals surface area contributed by atoms with E-state index in [1.54, 1.807) is 6.20 Å². The molecule has 0 atom stereocenters. The Labute approximate surface area is 174 Å². The van der Waals surface area contributed by atoms with E-state index in [-0.39, 0.29) is 17.5 Å². The van der Waals surface area contributed by atoms with Crippen molar-refractivity contribution in [3.63, 3.8) is 0 Å². The van der Waals surface area contributed by atoms with E-state index in [0.29, 0.717) is 15.7 Å². The van der Waals surface area contributed by atoms with Crippen LogP contribution < -0.4 is 4.90 Å². The second-order valence-corrected chi connectivity index (χ2v) is 8.33. The van der Waals surface area contributed by atoms with E-state index in [4.69, 9.17) is 0 Å². The molecule has 0 saturated heterocycles. The van der Waals surface area contributed by atoms with Crippen LogP contribution in [0.15, 0.2) is 54.7 Å². The molecule has 4 rings (SSSR count). The van der Waals surface area contributed by atoms with Crippen LogP contribution in [0.2, 0.25) is 0 Å². The van der Waals surface area contributed by atoms with Gasteiger partial charge in [0.2, 0.25) is 0 Å². The molecule has 0 aliphatic heterocycles. The number of pyridine rings is 1. The quantitative estimate of drug-likeness (QED) is 0.318. The number of hydrogen-bond donors (Lipinski definition) is 0. The Hall–Kier alpha value is -3.17. The molecule has 3 aromatic heterocycles. The van der Waals surface area contributed by atoms with Crippen LogP contribution in [0.5, 0.6) is 0 Å². The number of fused-ring (bicyclic) bond motifs is 1. The van der Waals surface area contributed by atoms with E-state index in [0.717, 1.165) is 28.0 Å². The van der Waals surface area contributed by atoms with E-state index >= 15 is 0 Å². The highest BCUT2D eigenvalue weighted by molar-refractivity contribution is 7.22. The summed E-state index contributed by atoms with van der Waals surface area (Å²) in [5, 5.41) is 11.5. The summed E-state index contributed by atoms with van der Waals surface area (Å²) in [5.74, 6) is -0.330. The molecule has 0 N–H and O–H groups in total. The molecule has 4 aromatic rings. The smallest absolute Gasteiger partial charge is 0.277 e. The number of nitrogens with zero attached hydrogens (tertiary/aromatic N) is 4. The highest BCUT2D eigenvalue weighted by Crippen LogP contribution is 2.33. The summed E-state index contributed by atoms with van der Waals surface area (Å²) in [7, 11) is 0. The zero-order valence-electron chi connectivity index (χ0n) is 15.4. The third-order valence-electron chi connectivity index (χ3n) is 4.35. The Morgan fingerprint density at radius 1 is 1.17 bits per heavy atom. The molecule has 9 heteroatoms. The van der Waals surface area contributed by atoms with Crippen LogP contribution in [0.25, 0.3) is 10.2 Å². The number of carbonyl (C=O) groups excluding carboxylic acids is 1. The van der Waals surface area contributed by atoms with Crippen molar-refractivity contribution < 1.29 is 9.72 Å². The van der Waals surface area contributed by atoms with Gasteiger partial charge in [-0.05, 0) is 42.3 Å². The van der Waals surface area contributed by atoms with Crippen molar-refractivity contribution in [2.24, 2.45) is 0 Å². The molecule has 29 heavy (non-hydrogen) atoms. The molecule has 0 spiro atoms. The molecule has 3 heterocycles. The third-order valence-corrected chi connectivity index (χ3v) is 6.42. The van der Waals surface area contributed by atoms with Gasteiger partial charge in [0.15, 0.2) is 5.13 Å². The minimum Gasteiger partial charge on any atom is -0.277 e. The topological polar surface area (TPSA) is 89.2 Å². The van der Waals surface area contributed by atoms with Gasteiger partial charge in [0.25, 0.3) is 5.91 Å². The van der Waals surface area contributed by atoms with Crippen molar-refractivity contribution in [2.45, 2.75) is 19.9 Å². The van der Waals surface area contributed by atoms with Crippen LogP contribution in [-0.4, -0.2) is 20.8 Å². The predicted octanol–water partition coefficient (Wildman–Crippen LogP) is 5.07. The summed E-state index contributed by atoms with van der Waals surface area (Å²) >= 11 is 2.29. The molecule has 0 unspecified atom stereocenters. The largest absolute Gasteiger partial charge is 0.324 e. The minimum absolute atomic E-state index is 0.0666. The highest BCUT2D eigenvalue weighted by Gasteiger charge is 2.25. The Morgan fingerprint density at radius 3 is 2.72 bits per heavy atom. The fourth-order valence-corrected chi connectivity index (χ4v) is 4.64. The number of hydrogen-bond acceptors (Lipinski definition) is 7. The first kappa shape index (κ1) is 19.2. The molecule has 1 aromatic carbocycles. The summed E-state index contributed by atoms with van der Waals surface area (Å²) in [6, 6.07) is 14.4. The first-order chi connectivity index (χ1) is 14.0. The molecule has 0 saturated carbocycles.